The van der Waals surface area contributed by atoms with Crippen molar-refractivity contribution in [1.29, 1.82) is 0 Å². The normalized spacial score (nSPS) is 16.7. The van der Waals surface area contributed by atoms with E-state index in [4.69, 9.17) is 23.2 Å². The van der Waals surface area contributed by atoms with E-state index in [0.29, 0.717) is 31.1 Å². The molecule has 0 N–H and O–H groups in total. The summed E-state index contributed by atoms with van der Waals surface area (Å²) in [5.41, 5.74) is 0.544. The summed E-state index contributed by atoms with van der Waals surface area (Å²) >= 11 is 11.6. The number of rotatable bonds is 4. The van der Waals surface area contributed by atoms with E-state index in [1.807, 2.05) is 11.8 Å². The molecule has 0 spiro atoms. The number of aryl methyl sites for hydroxylation is 1. The van der Waals surface area contributed by atoms with Crippen LogP contribution in [0.15, 0.2) is 40.2 Å². The molecule has 1 saturated heterocycles. The van der Waals surface area contributed by atoms with Crippen LogP contribution < -0.4 is 5.56 Å². The molecule has 2 aromatic rings. The standard InChI is InChI=1S/C16H18Cl2N4O3S/c1-12-2-4-13(5-3-12)26(24,25)21-8-6-20(7-9-21)11-22-16(23)15(18)14(17)10-19-22/h2-5,10H,6-9,11H2,1H3. The smallest absolute Gasteiger partial charge is 0.282 e. The van der Waals surface area contributed by atoms with Gasteiger partial charge in [0.1, 0.15) is 5.02 Å². The maximum absolute atomic E-state index is 12.7. The Hall–Kier alpha value is -1.45. The maximum Gasteiger partial charge on any atom is 0.288 e. The van der Waals surface area contributed by atoms with Gasteiger partial charge in [0.15, 0.2) is 0 Å². The molecule has 7 nitrogen and oxygen atoms in total. The Morgan fingerprint density at radius 1 is 1.08 bits per heavy atom. The third-order valence-electron chi connectivity index (χ3n) is 4.27. The van der Waals surface area contributed by atoms with Crippen LogP contribution in [-0.2, 0) is 16.7 Å². The first-order chi connectivity index (χ1) is 12.3. The predicted octanol–water partition coefficient (Wildman–Crippen LogP) is 1.82. The van der Waals surface area contributed by atoms with Gasteiger partial charge in [-0.1, -0.05) is 40.9 Å². The Morgan fingerprint density at radius 3 is 2.31 bits per heavy atom. The molecule has 2 heterocycles. The minimum Gasteiger partial charge on any atom is -0.282 e. The van der Waals surface area contributed by atoms with Crippen molar-refractivity contribution in [3.8, 4) is 0 Å². The average Bonchev–Trinajstić information content (AvgIpc) is 2.63. The predicted molar refractivity (Wildman–Crippen MR) is 100 cm³/mol. The molecule has 0 saturated carbocycles. The number of hydrogen-bond donors (Lipinski definition) is 0. The Labute approximate surface area is 161 Å². The summed E-state index contributed by atoms with van der Waals surface area (Å²) in [4.78, 5) is 14.3. The first-order valence-corrected chi connectivity index (χ1v) is 10.2. The second-order valence-electron chi connectivity index (χ2n) is 6.09. The van der Waals surface area contributed by atoms with Gasteiger partial charge in [-0.2, -0.15) is 9.40 Å². The quantitative estimate of drug-likeness (QED) is 0.759. The fourth-order valence-electron chi connectivity index (χ4n) is 2.71. The second-order valence-corrected chi connectivity index (χ2v) is 8.81. The van der Waals surface area contributed by atoms with E-state index in [1.54, 1.807) is 24.3 Å². The number of aromatic nitrogens is 2. The maximum atomic E-state index is 12.7. The van der Waals surface area contributed by atoms with Crippen molar-refractivity contribution in [3.05, 3.63) is 56.4 Å². The molecule has 1 aromatic carbocycles. The SMILES string of the molecule is Cc1ccc(S(=O)(=O)N2CCN(Cn3ncc(Cl)c(Cl)c3=O)CC2)cc1. The monoisotopic (exact) mass is 416 g/mol. The van der Waals surface area contributed by atoms with Crippen LogP contribution in [0.5, 0.6) is 0 Å². The summed E-state index contributed by atoms with van der Waals surface area (Å²) in [6.07, 6.45) is 1.32. The number of nitrogens with zero attached hydrogens (tertiary/aromatic N) is 4. The van der Waals surface area contributed by atoms with Crippen LogP contribution in [0.4, 0.5) is 0 Å². The molecule has 0 radical (unpaired) electrons. The Kier molecular flexibility index (Phi) is 5.69. The average molecular weight is 417 g/mol. The lowest BCUT2D eigenvalue weighted by molar-refractivity contribution is 0.143. The van der Waals surface area contributed by atoms with Crippen molar-refractivity contribution >= 4 is 33.2 Å². The highest BCUT2D eigenvalue weighted by atomic mass is 35.5. The highest BCUT2D eigenvalue weighted by Gasteiger charge is 2.28. The molecule has 1 fully saturated rings. The number of benzene rings is 1. The summed E-state index contributed by atoms with van der Waals surface area (Å²) in [6, 6.07) is 6.81. The van der Waals surface area contributed by atoms with E-state index in [2.05, 4.69) is 5.10 Å². The molecule has 1 aliphatic heterocycles. The van der Waals surface area contributed by atoms with E-state index >= 15 is 0 Å². The fourth-order valence-corrected chi connectivity index (χ4v) is 4.40. The van der Waals surface area contributed by atoms with Crippen molar-refractivity contribution in [3.63, 3.8) is 0 Å². The van der Waals surface area contributed by atoms with E-state index < -0.39 is 15.6 Å². The van der Waals surface area contributed by atoms with Crippen molar-refractivity contribution in [2.75, 3.05) is 26.2 Å². The molecular weight excluding hydrogens is 399 g/mol. The molecule has 0 amide bonds. The van der Waals surface area contributed by atoms with Gasteiger partial charge >= 0.3 is 0 Å². The molecule has 0 atom stereocenters. The van der Waals surface area contributed by atoms with Crippen LogP contribution in [0.25, 0.3) is 0 Å². The molecule has 10 heteroatoms. The third kappa shape index (κ3) is 3.94. The number of hydrogen-bond acceptors (Lipinski definition) is 5. The largest absolute Gasteiger partial charge is 0.288 e. The molecule has 1 aromatic heterocycles. The van der Waals surface area contributed by atoms with Crippen LogP contribution in [0.3, 0.4) is 0 Å². The van der Waals surface area contributed by atoms with Gasteiger partial charge in [0.2, 0.25) is 10.0 Å². The Balaban J connectivity index is 1.67. The summed E-state index contributed by atoms with van der Waals surface area (Å²) in [5.74, 6) is 0. The van der Waals surface area contributed by atoms with E-state index in [1.165, 1.54) is 15.2 Å². The zero-order chi connectivity index (χ0) is 18.9. The lowest BCUT2D eigenvalue weighted by Crippen LogP contribution is -2.49. The lowest BCUT2D eigenvalue weighted by atomic mass is 10.2. The zero-order valence-electron chi connectivity index (χ0n) is 14.1. The van der Waals surface area contributed by atoms with Crippen LogP contribution in [-0.4, -0.2) is 53.6 Å². The van der Waals surface area contributed by atoms with Gasteiger partial charge < -0.3 is 0 Å². The van der Waals surface area contributed by atoms with Crippen LogP contribution in [0, 0.1) is 6.92 Å². The second kappa shape index (κ2) is 7.66. The highest BCUT2D eigenvalue weighted by molar-refractivity contribution is 7.89. The first kappa shape index (κ1) is 19.3. The first-order valence-electron chi connectivity index (χ1n) is 7.99. The number of halogens is 2. The molecule has 3 rings (SSSR count). The fraction of sp³-hybridized carbons (Fsp3) is 0.375. The molecule has 26 heavy (non-hydrogen) atoms. The Morgan fingerprint density at radius 2 is 1.69 bits per heavy atom. The molecular formula is C16H18Cl2N4O3S. The number of piperazine rings is 1. The topological polar surface area (TPSA) is 75.5 Å². The summed E-state index contributed by atoms with van der Waals surface area (Å²) in [5, 5.41) is 4.02. The summed E-state index contributed by atoms with van der Waals surface area (Å²) in [7, 11) is -3.51. The van der Waals surface area contributed by atoms with Gasteiger partial charge in [-0.3, -0.25) is 9.69 Å². The molecule has 0 aliphatic carbocycles. The Bertz CT molecular complexity index is 952. The lowest BCUT2D eigenvalue weighted by Gasteiger charge is -2.33. The van der Waals surface area contributed by atoms with Gasteiger partial charge in [-0.05, 0) is 19.1 Å². The van der Waals surface area contributed by atoms with Crippen molar-refractivity contribution in [2.45, 2.75) is 18.5 Å². The van der Waals surface area contributed by atoms with Gasteiger partial charge in [-0.25, -0.2) is 13.1 Å². The van der Waals surface area contributed by atoms with Gasteiger partial charge in [0.05, 0.1) is 22.8 Å². The van der Waals surface area contributed by atoms with Gasteiger partial charge in [-0.15, -0.1) is 0 Å². The zero-order valence-corrected chi connectivity index (χ0v) is 16.4. The summed E-state index contributed by atoms with van der Waals surface area (Å²) in [6.45, 7) is 3.79. The molecule has 140 valence electrons. The van der Waals surface area contributed by atoms with Crippen molar-refractivity contribution < 1.29 is 8.42 Å². The molecule has 1 aliphatic rings. The van der Waals surface area contributed by atoms with Crippen molar-refractivity contribution in [2.24, 2.45) is 0 Å². The van der Waals surface area contributed by atoms with Gasteiger partial charge in [0.25, 0.3) is 5.56 Å². The van der Waals surface area contributed by atoms with E-state index in [-0.39, 0.29) is 16.7 Å². The number of sulfonamides is 1. The van der Waals surface area contributed by atoms with E-state index in [0.717, 1.165) is 5.56 Å². The minimum atomic E-state index is -3.51. The highest BCUT2D eigenvalue weighted by Crippen LogP contribution is 2.19. The minimum absolute atomic E-state index is 0.0674. The molecule has 0 unspecified atom stereocenters. The van der Waals surface area contributed by atoms with E-state index in [9.17, 15) is 13.2 Å². The van der Waals surface area contributed by atoms with Crippen LogP contribution in [0.1, 0.15) is 5.56 Å². The van der Waals surface area contributed by atoms with Crippen LogP contribution >= 0.6 is 23.2 Å². The van der Waals surface area contributed by atoms with Crippen molar-refractivity contribution in [1.82, 2.24) is 19.0 Å². The molecule has 0 bridgehead atoms. The summed E-state index contributed by atoms with van der Waals surface area (Å²) < 4.78 is 28.1. The third-order valence-corrected chi connectivity index (χ3v) is 6.93. The van der Waals surface area contributed by atoms with Gasteiger partial charge in [0, 0.05) is 26.2 Å². The van der Waals surface area contributed by atoms with Crippen LogP contribution in [0.2, 0.25) is 10.0 Å².